The van der Waals surface area contributed by atoms with Crippen molar-refractivity contribution in [2.24, 2.45) is 0 Å². The number of carbonyl (C=O) groups excluding carboxylic acids is 2. The molecule has 100 valence electrons. The van der Waals surface area contributed by atoms with E-state index < -0.39 is 0 Å². The highest BCUT2D eigenvalue weighted by Crippen LogP contribution is 2.25. The first-order valence-corrected chi connectivity index (χ1v) is 7.61. The van der Waals surface area contributed by atoms with Crippen molar-refractivity contribution >= 4 is 23.6 Å². The zero-order chi connectivity index (χ0) is 13.2. The van der Waals surface area contributed by atoms with Crippen molar-refractivity contribution < 1.29 is 9.59 Å². The van der Waals surface area contributed by atoms with Gasteiger partial charge in [-0.05, 0) is 12.0 Å². The minimum atomic E-state index is -0.220. The Kier molecular flexibility index (Phi) is 3.46. The molecule has 0 saturated carbocycles. The Morgan fingerprint density at radius 3 is 2.79 bits per heavy atom. The van der Waals surface area contributed by atoms with Gasteiger partial charge in [0.25, 0.3) is 0 Å². The first kappa shape index (κ1) is 12.5. The molecule has 1 atom stereocenters. The van der Waals surface area contributed by atoms with Crippen LogP contribution in [-0.2, 0) is 16.0 Å². The zero-order valence-electron chi connectivity index (χ0n) is 10.6. The Morgan fingerprint density at radius 2 is 2.00 bits per heavy atom. The van der Waals surface area contributed by atoms with E-state index >= 15 is 0 Å². The predicted octanol–water partition coefficient (Wildman–Crippen LogP) is 0.973. The molecule has 5 heteroatoms. The molecular weight excluding hydrogens is 260 g/mol. The highest BCUT2D eigenvalue weighted by Gasteiger charge is 2.41. The minimum absolute atomic E-state index is 0.0858. The van der Waals surface area contributed by atoms with E-state index in [1.807, 2.05) is 30.3 Å². The zero-order valence-corrected chi connectivity index (χ0v) is 11.4. The van der Waals surface area contributed by atoms with Gasteiger partial charge >= 0.3 is 0 Å². The molecule has 0 bridgehead atoms. The van der Waals surface area contributed by atoms with Crippen molar-refractivity contribution in [3.8, 4) is 0 Å². The van der Waals surface area contributed by atoms with Crippen LogP contribution in [0.25, 0.3) is 0 Å². The van der Waals surface area contributed by atoms with Gasteiger partial charge in [-0.1, -0.05) is 30.3 Å². The molecule has 2 saturated heterocycles. The van der Waals surface area contributed by atoms with E-state index in [2.05, 4.69) is 0 Å². The largest absolute Gasteiger partial charge is 0.331 e. The van der Waals surface area contributed by atoms with E-state index in [0.717, 1.165) is 12.2 Å². The number of rotatable bonds is 3. The van der Waals surface area contributed by atoms with E-state index in [1.54, 1.807) is 21.6 Å². The maximum absolute atomic E-state index is 12.3. The lowest BCUT2D eigenvalue weighted by atomic mass is 10.1. The molecule has 19 heavy (non-hydrogen) atoms. The monoisotopic (exact) mass is 276 g/mol. The Labute approximate surface area is 116 Å². The van der Waals surface area contributed by atoms with Gasteiger partial charge < -0.3 is 9.80 Å². The lowest BCUT2D eigenvalue weighted by molar-refractivity contribution is -0.153. The van der Waals surface area contributed by atoms with Crippen molar-refractivity contribution in [3.63, 3.8) is 0 Å². The fraction of sp³-hybridized carbons (Fsp3) is 0.429. The van der Waals surface area contributed by atoms with Crippen LogP contribution < -0.4 is 0 Å². The van der Waals surface area contributed by atoms with Crippen LogP contribution in [0, 0.1) is 0 Å². The number of nitrogens with zero attached hydrogens (tertiary/aromatic N) is 2. The second-order valence-electron chi connectivity index (χ2n) is 4.87. The van der Waals surface area contributed by atoms with Gasteiger partial charge in [-0.25, -0.2) is 0 Å². The van der Waals surface area contributed by atoms with Crippen molar-refractivity contribution in [1.29, 1.82) is 0 Å². The molecule has 2 aliphatic rings. The lowest BCUT2D eigenvalue weighted by Crippen LogP contribution is -2.58. The Hall–Kier alpha value is -1.49. The summed E-state index contributed by atoms with van der Waals surface area (Å²) in [7, 11) is 0. The second-order valence-corrected chi connectivity index (χ2v) is 5.87. The molecule has 0 aliphatic carbocycles. The maximum atomic E-state index is 12.3. The van der Waals surface area contributed by atoms with Crippen LogP contribution in [0.4, 0.5) is 0 Å². The molecule has 3 rings (SSSR count). The number of benzene rings is 1. The van der Waals surface area contributed by atoms with Crippen molar-refractivity contribution in [2.75, 3.05) is 24.7 Å². The van der Waals surface area contributed by atoms with Crippen LogP contribution in [0.3, 0.4) is 0 Å². The number of fused-ring (bicyclic) bond motifs is 1. The topological polar surface area (TPSA) is 40.6 Å². The highest BCUT2D eigenvalue weighted by atomic mass is 32.2. The summed E-state index contributed by atoms with van der Waals surface area (Å²) < 4.78 is 0. The van der Waals surface area contributed by atoms with Crippen LogP contribution in [0.15, 0.2) is 30.3 Å². The summed E-state index contributed by atoms with van der Waals surface area (Å²) in [6.07, 6.45) is 0.805. The summed E-state index contributed by atoms with van der Waals surface area (Å²) in [6.45, 7) is 0.867. The number of hydrogen-bond donors (Lipinski definition) is 0. The van der Waals surface area contributed by atoms with Gasteiger partial charge in [-0.3, -0.25) is 9.59 Å². The van der Waals surface area contributed by atoms with Crippen LogP contribution in [-0.4, -0.2) is 52.4 Å². The van der Waals surface area contributed by atoms with E-state index in [1.165, 1.54) is 5.56 Å². The number of piperazine rings is 1. The predicted molar refractivity (Wildman–Crippen MR) is 74.7 cm³/mol. The number of hydrogen-bond acceptors (Lipinski definition) is 3. The van der Waals surface area contributed by atoms with Crippen molar-refractivity contribution in [3.05, 3.63) is 35.9 Å². The van der Waals surface area contributed by atoms with Gasteiger partial charge in [0.05, 0.1) is 12.4 Å². The second kappa shape index (κ2) is 5.25. The van der Waals surface area contributed by atoms with E-state index in [0.29, 0.717) is 12.4 Å². The Bertz CT molecular complexity index is 491. The van der Waals surface area contributed by atoms with Gasteiger partial charge in [0.2, 0.25) is 11.8 Å². The molecule has 0 unspecified atom stereocenters. The van der Waals surface area contributed by atoms with Gasteiger partial charge in [-0.15, -0.1) is 11.8 Å². The quantitative estimate of drug-likeness (QED) is 0.826. The first-order valence-electron chi connectivity index (χ1n) is 6.45. The van der Waals surface area contributed by atoms with E-state index in [-0.39, 0.29) is 24.4 Å². The SMILES string of the molecule is O=C1[C@H]2CSCN2C(=O)CN1CCc1ccccc1. The molecule has 0 spiro atoms. The van der Waals surface area contributed by atoms with E-state index in [4.69, 9.17) is 0 Å². The van der Waals surface area contributed by atoms with Crippen LogP contribution in [0.2, 0.25) is 0 Å². The van der Waals surface area contributed by atoms with Gasteiger partial charge in [0.15, 0.2) is 0 Å². The van der Waals surface area contributed by atoms with Crippen molar-refractivity contribution in [1.82, 2.24) is 9.80 Å². The Morgan fingerprint density at radius 1 is 1.21 bits per heavy atom. The smallest absolute Gasteiger partial charge is 0.246 e. The first-order chi connectivity index (χ1) is 9.25. The highest BCUT2D eigenvalue weighted by molar-refractivity contribution is 7.99. The lowest BCUT2D eigenvalue weighted by Gasteiger charge is -2.35. The summed E-state index contributed by atoms with van der Waals surface area (Å²) in [5.74, 6) is 1.61. The summed E-state index contributed by atoms with van der Waals surface area (Å²) in [5.41, 5.74) is 1.20. The third-order valence-electron chi connectivity index (χ3n) is 3.64. The fourth-order valence-corrected chi connectivity index (χ4v) is 3.71. The number of thioether (sulfide) groups is 1. The summed E-state index contributed by atoms with van der Waals surface area (Å²) in [6, 6.07) is 9.85. The molecule has 2 heterocycles. The maximum Gasteiger partial charge on any atom is 0.246 e. The van der Waals surface area contributed by atoms with Gasteiger partial charge in [-0.2, -0.15) is 0 Å². The molecule has 2 fully saturated rings. The third-order valence-corrected chi connectivity index (χ3v) is 4.65. The van der Waals surface area contributed by atoms with E-state index in [9.17, 15) is 9.59 Å². The molecule has 4 nitrogen and oxygen atoms in total. The van der Waals surface area contributed by atoms with Gasteiger partial charge in [0, 0.05) is 12.3 Å². The average Bonchev–Trinajstić information content (AvgIpc) is 2.92. The molecule has 1 aromatic rings. The Balaban J connectivity index is 1.65. The summed E-state index contributed by atoms with van der Waals surface area (Å²) >= 11 is 1.66. The van der Waals surface area contributed by atoms with Crippen LogP contribution >= 0.6 is 11.8 Å². The molecule has 0 aromatic heterocycles. The standard InChI is InChI=1S/C14H16N2O2S/c17-13-8-15(7-6-11-4-2-1-3-5-11)14(18)12-9-19-10-16(12)13/h1-5,12H,6-10H2/t12-/m1/s1. The molecule has 0 radical (unpaired) electrons. The van der Waals surface area contributed by atoms with Gasteiger partial charge in [0.1, 0.15) is 6.04 Å². The van der Waals surface area contributed by atoms with Crippen LogP contribution in [0.5, 0.6) is 0 Å². The number of carbonyl (C=O) groups is 2. The summed E-state index contributed by atoms with van der Waals surface area (Å²) in [5, 5.41) is 0. The average molecular weight is 276 g/mol. The summed E-state index contributed by atoms with van der Waals surface area (Å²) in [4.78, 5) is 27.7. The molecular formula is C14H16N2O2S. The third kappa shape index (κ3) is 2.47. The minimum Gasteiger partial charge on any atom is -0.331 e. The van der Waals surface area contributed by atoms with Crippen LogP contribution in [0.1, 0.15) is 5.56 Å². The molecule has 2 amide bonds. The normalized spacial score (nSPS) is 22.8. The fourth-order valence-electron chi connectivity index (χ4n) is 2.53. The molecule has 1 aromatic carbocycles. The van der Waals surface area contributed by atoms with Crippen molar-refractivity contribution in [2.45, 2.75) is 12.5 Å². The molecule has 2 aliphatic heterocycles. The number of amides is 2. The molecule has 0 N–H and O–H groups in total.